The maximum atomic E-state index is 12.8. The zero-order chi connectivity index (χ0) is 9.14. The summed E-state index contributed by atoms with van der Waals surface area (Å²) >= 11 is 2.91. The molecule has 0 aromatic carbocycles. The maximum Gasteiger partial charge on any atom is 0.356 e. The van der Waals surface area contributed by atoms with Crippen LogP contribution in [0.15, 0.2) is 16.7 Å². The van der Waals surface area contributed by atoms with Gasteiger partial charge in [0.15, 0.2) is 5.69 Å². The Morgan fingerprint density at radius 1 is 1.75 bits per heavy atom. The summed E-state index contributed by atoms with van der Waals surface area (Å²) in [6.07, 6.45) is 1.21. The van der Waals surface area contributed by atoms with Crippen LogP contribution in [0.4, 0.5) is 4.39 Å². The van der Waals surface area contributed by atoms with E-state index in [4.69, 9.17) is 0 Å². The first-order chi connectivity index (χ1) is 5.65. The molecule has 0 bridgehead atoms. The molecular weight excluding hydrogens is 229 g/mol. The Balaban J connectivity index is 3.05. The Morgan fingerprint density at radius 2 is 2.42 bits per heavy atom. The third-order valence-electron chi connectivity index (χ3n) is 1.20. The Kier molecular flexibility index (Phi) is 2.75. The molecule has 0 aliphatic carbocycles. The van der Waals surface area contributed by atoms with E-state index in [1.54, 1.807) is 0 Å². The first kappa shape index (κ1) is 9.12. The second-order valence-corrected chi connectivity index (χ2v) is 2.83. The molecule has 0 aliphatic rings. The van der Waals surface area contributed by atoms with Gasteiger partial charge in [-0.3, -0.25) is 0 Å². The molecule has 0 atom stereocenters. The third kappa shape index (κ3) is 1.79. The predicted molar refractivity (Wildman–Crippen MR) is 43.2 cm³/mol. The van der Waals surface area contributed by atoms with Gasteiger partial charge in [-0.2, -0.15) is 0 Å². The summed E-state index contributed by atoms with van der Waals surface area (Å²) in [7, 11) is 1.21. The van der Waals surface area contributed by atoms with E-state index in [1.165, 1.54) is 13.3 Å². The molecule has 0 spiro atoms. The van der Waals surface area contributed by atoms with Crippen molar-refractivity contribution in [3.63, 3.8) is 0 Å². The first-order valence-electron chi connectivity index (χ1n) is 3.04. The van der Waals surface area contributed by atoms with Gasteiger partial charge in [0.2, 0.25) is 0 Å². The fraction of sp³-hybridized carbons (Fsp3) is 0.143. The number of halogens is 2. The van der Waals surface area contributed by atoms with Crippen LogP contribution in [-0.4, -0.2) is 18.1 Å². The highest BCUT2D eigenvalue weighted by Crippen LogP contribution is 2.14. The van der Waals surface area contributed by atoms with Crippen LogP contribution in [0.2, 0.25) is 0 Å². The molecule has 0 fully saturated rings. The normalized spacial score (nSPS) is 9.58. The van der Waals surface area contributed by atoms with Crippen LogP contribution in [0.3, 0.4) is 0 Å². The number of methoxy groups -OCH3 is 1. The quantitative estimate of drug-likeness (QED) is 0.695. The van der Waals surface area contributed by atoms with Crippen molar-refractivity contribution < 1.29 is 13.9 Å². The zero-order valence-electron chi connectivity index (χ0n) is 6.17. The molecule has 0 radical (unpaired) electrons. The Hall–Kier alpha value is -0.970. The fourth-order valence-electron chi connectivity index (χ4n) is 0.630. The third-order valence-corrected chi connectivity index (χ3v) is 1.79. The van der Waals surface area contributed by atoms with Crippen molar-refractivity contribution >= 4 is 21.9 Å². The van der Waals surface area contributed by atoms with Gasteiger partial charge in [-0.05, 0) is 15.9 Å². The number of nitrogens with zero attached hydrogens (tertiary/aromatic N) is 1. The molecule has 1 heterocycles. The van der Waals surface area contributed by atoms with Gasteiger partial charge in [-0.15, -0.1) is 0 Å². The molecule has 1 rings (SSSR count). The number of aromatic nitrogens is 1. The Morgan fingerprint density at radius 3 is 2.92 bits per heavy atom. The number of pyridine rings is 1. The number of rotatable bonds is 1. The minimum atomic E-state index is -0.651. The summed E-state index contributed by atoms with van der Waals surface area (Å²) in [6.45, 7) is 0. The number of esters is 1. The molecule has 1 aromatic rings. The van der Waals surface area contributed by atoms with Gasteiger partial charge in [0, 0.05) is 12.3 Å². The number of hydrogen-bond donors (Lipinski definition) is 0. The standard InChI is InChI=1S/C7H5BrFNO2/c1-12-7(11)6-2-5(9)4(8)3-10-6/h2-3H,1H3. The lowest BCUT2D eigenvalue weighted by Gasteiger charge is -1.98. The highest BCUT2D eigenvalue weighted by molar-refractivity contribution is 9.10. The summed E-state index contributed by atoms with van der Waals surface area (Å²) in [5.41, 5.74) is -0.0433. The summed E-state index contributed by atoms with van der Waals surface area (Å²) in [4.78, 5) is 14.5. The van der Waals surface area contributed by atoms with Crippen LogP contribution in [-0.2, 0) is 4.74 Å². The van der Waals surface area contributed by atoms with Gasteiger partial charge in [-0.1, -0.05) is 0 Å². The zero-order valence-corrected chi connectivity index (χ0v) is 7.76. The van der Waals surface area contributed by atoms with Crippen LogP contribution in [0.5, 0.6) is 0 Å². The van der Waals surface area contributed by atoms with E-state index in [2.05, 4.69) is 25.7 Å². The average Bonchev–Trinajstić information content (AvgIpc) is 2.08. The van der Waals surface area contributed by atoms with E-state index in [1.807, 2.05) is 0 Å². The Labute approximate surface area is 76.7 Å². The molecule has 64 valence electrons. The van der Waals surface area contributed by atoms with Crippen molar-refractivity contribution in [1.82, 2.24) is 4.98 Å². The summed E-state index contributed by atoms with van der Waals surface area (Å²) < 4.78 is 17.3. The van der Waals surface area contributed by atoms with E-state index in [-0.39, 0.29) is 10.2 Å². The maximum absolute atomic E-state index is 12.8. The second kappa shape index (κ2) is 3.62. The molecular formula is C7H5BrFNO2. The largest absolute Gasteiger partial charge is 0.464 e. The van der Waals surface area contributed by atoms with Gasteiger partial charge in [-0.25, -0.2) is 14.2 Å². The molecule has 12 heavy (non-hydrogen) atoms. The molecule has 3 nitrogen and oxygen atoms in total. The van der Waals surface area contributed by atoms with Crippen LogP contribution in [0.25, 0.3) is 0 Å². The van der Waals surface area contributed by atoms with Crippen LogP contribution in [0, 0.1) is 5.82 Å². The van der Waals surface area contributed by atoms with Gasteiger partial charge in [0.25, 0.3) is 0 Å². The van der Waals surface area contributed by atoms with Crippen LogP contribution >= 0.6 is 15.9 Å². The number of carbonyl (C=O) groups excluding carboxylic acids is 1. The first-order valence-corrected chi connectivity index (χ1v) is 3.84. The van der Waals surface area contributed by atoms with Crippen molar-refractivity contribution in [2.75, 3.05) is 7.11 Å². The van der Waals surface area contributed by atoms with Gasteiger partial charge in [0.1, 0.15) is 5.82 Å². The summed E-state index contributed by atoms with van der Waals surface area (Å²) in [6, 6.07) is 1.01. The molecule has 0 saturated carbocycles. The molecule has 0 N–H and O–H groups in total. The van der Waals surface area contributed by atoms with Crippen LogP contribution in [0.1, 0.15) is 10.5 Å². The molecule has 0 aliphatic heterocycles. The van der Waals surface area contributed by atoms with Crippen molar-refractivity contribution in [3.8, 4) is 0 Å². The molecule has 5 heteroatoms. The Bertz CT molecular complexity index is 316. The minimum absolute atomic E-state index is 0.0433. The molecule has 0 unspecified atom stereocenters. The molecule has 0 amide bonds. The van der Waals surface area contributed by atoms with Crippen molar-refractivity contribution in [2.24, 2.45) is 0 Å². The van der Waals surface area contributed by atoms with E-state index >= 15 is 0 Å². The number of hydrogen-bond acceptors (Lipinski definition) is 3. The number of carbonyl (C=O) groups is 1. The van der Waals surface area contributed by atoms with Gasteiger partial charge < -0.3 is 4.74 Å². The predicted octanol–water partition coefficient (Wildman–Crippen LogP) is 1.77. The molecule has 0 saturated heterocycles. The average molecular weight is 234 g/mol. The highest BCUT2D eigenvalue weighted by Gasteiger charge is 2.09. The second-order valence-electron chi connectivity index (χ2n) is 1.98. The van der Waals surface area contributed by atoms with Crippen molar-refractivity contribution in [1.29, 1.82) is 0 Å². The van der Waals surface area contributed by atoms with Crippen molar-refractivity contribution in [2.45, 2.75) is 0 Å². The topological polar surface area (TPSA) is 39.2 Å². The van der Waals surface area contributed by atoms with E-state index in [0.717, 1.165) is 6.07 Å². The number of ether oxygens (including phenoxy) is 1. The molecule has 1 aromatic heterocycles. The smallest absolute Gasteiger partial charge is 0.356 e. The van der Waals surface area contributed by atoms with Gasteiger partial charge in [0.05, 0.1) is 11.6 Å². The summed E-state index contributed by atoms with van der Waals surface area (Å²) in [5, 5.41) is 0. The van der Waals surface area contributed by atoms with Crippen LogP contribution < -0.4 is 0 Å². The summed E-state index contributed by atoms with van der Waals surface area (Å²) in [5.74, 6) is -1.19. The van der Waals surface area contributed by atoms with E-state index in [9.17, 15) is 9.18 Å². The minimum Gasteiger partial charge on any atom is -0.464 e. The van der Waals surface area contributed by atoms with E-state index in [0.29, 0.717) is 0 Å². The fourth-order valence-corrected chi connectivity index (χ4v) is 0.847. The van der Waals surface area contributed by atoms with Gasteiger partial charge >= 0.3 is 5.97 Å². The monoisotopic (exact) mass is 233 g/mol. The SMILES string of the molecule is COC(=O)c1cc(F)c(Br)cn1. The van der Waals surface area contributed by atoms with Crippen molar-refractivity contribution in [3.05, 3.63) is 28.2 Å². The lowest BCUT2D eigenvalue weighted by Crippen LogP contribution is -2.04. The van der Waals surface area contributed by atoms with E-state index < -0.39 is 11.8 Å². The lowest BCUT2D eigenvalue weighted by atomic mass is 10.3. The lowest BCUT2D eigenvalue weighted by molar-refractivity contribution is 0.0593. The highest BCUT2D eigenvalue weighted by atomic mass is 79.9.